The van der Waals surface area contributed by atoms with Gasteiger partial charge in [-0.05, 0) is 56.5 Å². The lowest BCUT2D eigenvalue weighted by atomic mass is 10.1. The van der Waals surface area contributed by atoms with Crippen molar-refractivity contribution in [3.63, 3.8) is 0 Å². The molecule has 0 radical (unpaired) electrons. The number of benzene rings is 2. The fourth-order valence-corrected chi connectivity index (χ4v) is 5.25. The van der Waals surface area contributed by atoms with Crippen molar-refractivity contribution < 1.29 is 27.5 Å². The van der Waals surface area contributed by atoms with Crippen LogP contribution in [0.5, 0.6) is 5.75 Å². The number of sulfonamides is 1. The summed E-state index contributed by atoms with van der Waals surface area (Å²) in [6.45, 7) is 1.38. The predicted octanol–water partition coefficient (Wildman–Crippen LogP) is 3.38. The zero-order chi connectivity index (χ0) is 24.7. The molecular weight excluding hydrogens is 482 g/mol. The van der Waals surface area contributed by atoms with Gasteiger partial charge in [-0.1, -0.05) is 29.8 Å². The second kappa shape index (κ2) is 11.3. The quantitative estimate of drug-likeness (QED) is 0.411. The number of hydrazone groups is 1. The molecule has 11 heteroatoms. The number of anilines is 1. The molecule has 1 aliphatic rings. The highest BCUT2D eigenvalue weighted by Crippen LogP contribution is 2.34. The maximum Gasteiger partial charge on any atom is 0.314 e. The molecule has 0 aromatic heterocycles. The summed E-state index contributed by atoms with van der Waals surface area (Å²) in [7, 11) is -2.77. The third kappa shape index (κ3) is 5.87. The van der Waals surface area contributed by atoms with Gasteiger partial charge in [0.1, 0.15) is 12.3 Å². The fourth-order valence-electron chi connectivity index (χ4n) is 3.64. The number of carbonyl (C=O) groups is 2. The Hall–Kier alpha value is -3.11. The Bertz CT molecular complexity index is 1170. The summed E-state index contributed by atoms with van der Waals surface area (Å²) in [6.07, 6.45) is 1.87. The Morgan fingerprint density at radius 1 is 1.21 bits per heavy atom. The van der Waals surface area contributed by atoms with Crippen LogP contribution in [-0.4, -0.2) is 46.3 Å². The molecule has 0 spiro atoms. The molecule has 1 amide bonds. The molecule has 3 rings (SSSR count). The molecule has 0 unspecified atom stereocenters. The number of hydrogen-bond acceptors (Lipinski definition) is 7. The van der Waals surface area contributed by atoms with E-state index in [1.54, 1.807) is 31.2 Å². The summed E-state index contributed by atoms with van der Waals surface area (Å²) in [5.41, 5.74) is 3.00. The third-order valence-corrected chi connectivity index (χ3v) is 7.26. The average molecular weight is 508 g/mol. The van der Waals surface area contributed by atoms with Gasteiger partial charge in [0, 0.05) is 5.02 Å². The van der Waals surface area contributed by atoms with E-state index < -0.39 is 28.4 Å². The van der Waals surface area contributed by atoms with Crippen molar-refractivity contribution in [1.29, 1.82) is 0 Å². The normalized spacial score (nSPS) is 16.8. The minimum absolute atomic E-state index is 0.00527. The number of esters is 1. The van der Waals surface area contributed by atoms with E-state index in [1.807, 2.05) is 0 Å². The first-order chi connectivity index (χ1) is 16.3. The second-order valence-electron chi connectivity index (χ2n) is 7.48. The fraction of sp³-hybridized carbons (Fsp3) is 0.348. The van der Waals surface area contributed by atoms with Crippen LogP contribution in [0.4, 0.5) is 5.69 Å². The SMILES string of the molecule is CCOC(=O)[C@@H]1CCC/C1=N/NC(=O)CN(c1cc(Cl)ccc1OC)S(=O)(=O)c1ccccc1. The maximum absolute atomic E-state index is 13.5. The molecule has 1 saturated carbocycles. The van der Waals surface area contributed by atoms with E-state index in [0.717, 1.165) is 10.7 Å². The molecular formula is C23H26ClN3O6S. The number of nitrogens with zero attached hydrogens (tertiary/aromatic N) is 2. The Morgan fingerprint density at radius 2 is 1.94 bits per heavy atom. The average Bonchev–Trinajstić information content (AvgIpc) is 3.30. The second-order valence-corrected chi connectivity index (χ2v) is 9.77. The molecule has 1 N–H and O–H groups in total. The van der Waals surface area contributed by atoms with Gasteiger partial charge >= 0.3 is 5.97 Å². The molecule has 0 saturated heterocycles. The molecule has 182 valence electrons. The Labute approximate surface area is 203 Å². The van der Waals surface area contributed by atoms with Gasteiger partial charge < -0.3 is 9.47 Å². The zero-order valence-corrected chi connectivity index (χ0v) is 20.4. The van der Waals surface area contributed by atoms with Gasteiger partial charge in [0.2, 0.25) is 0 Å². The van der Waals surface area contributed by atoms with E-state index in [9.17, 15) is 18.0 Å². The van der Waals surface area contributed by atoms with Gasteiger partial charge in [-0.3, -0.25) is 13.9 Å². The highest BCUT2D eigenvalue weighted by molar-refractivity contribution is 7.92. The smallest absolute Gasteiger partial charge is 0.314 e. The van der Waals surface area contributed by atoms with Crippen LogP contribution in [0.15, 0.2) is 58.5 Å². The molecule has 34 heavy (non-hydrogen) atoms. The lowest BCUT2D eigenvalue weighted by Crippen LogP contribution is -2.40. The topological polar surface area (TPSA) is 114 Å². The van der Waals surface area contributed by atoms with E-state index in [1.165, 1.54) is 31.4 Å². The number of halogens is 1. The van der Waals surface area contributed by atoms with Crippen LogP contribution in [-0.2, 0) is 24.3 Å². The van der Waals surface area contributed by atoms with E-state index in [-0.39, 0.29) is 33.9 Å². The highest BCUT2D eigenvalue weighted by atomic mass is 35.5. The van der Waals surface area contributed by atoms with E-state index >= 15 is 0 Å². The van der Waals surface area contributed by atoms with Crippen molar-refractivity contribution in [2.24, 2.45) is 11.0 Å². The Morgan fingerprint density at radius 3 is 2.62 bits per heavy atom. The van der Waals surface area contributed by atoms with Crippen molar-refractivity contribution in [3.05, 3.63) is 53.6 Å². The molecule has 0 heterocycles. The van der Waals surface area contributed by atoms with Gasteiger partial charge in [-0.2, -0.15) is 5.10 Å². The summed E-state index contributed by atoms with van der Waals surface area (Å²) in [5, 5.41) is 4.38. The van der Waals surface area contributed by atoms with Crippen LogP contribution in [0.1, 0.15) is 26.2 Å². The van der Waals surface area contributed by atoms with Crippen molar-refractivity contribution >= 4 is 44.9 Å². The minimum atomic E-state index is -4.16. The number of amides is 1. The summed E-state index contributed by atoms with van der Waals surface area (Å²) < 4.78 is 38.3. The van der Waals surface area contributed by atoms with Gasteiger partial charge in [0.25, 0.3) is 15.9 Å². The van der Waals surface area contributed by atoms with E-state index in [4.69, 9.17) is 21.1 Å². The first-order valence-electron chi connectivity index (χ1n) is 10.7. The Kier molecular flexibility index (Phi) is 8.51. The summed E-state index contributed by atoms with van der Waals surface area (Å²) in [6, 6.07) is 12.2. The lowest BCUT2D eigenvalue weighted by Gasteiger charge is -2.25. The van der Waals surface area contributed by atoms with Gasteiger partial charge in [-0.15, -0.1) is 0 Å². The number of hydrogen-bond donors (Lipinski definition) is 1. The summed E-state index contributed by atoms with van der Waals surface area (Å²) in [5.74, 6) is -1.37. The number of methoxy groups -OCH3 is 1. The van der Waals surface area contributed by atoms with Crippen LogP contribution < -0.4 is 14.5 Å². The number of carbonyl (C=O) groups excluding carboxylic acids is 2. The van der Waals surface area contributed by atoms with Crippen molar-refractivity contribution in [2.75, 3.05) is 24.6 Å². The molecule has 0 bridgehead atoms. The number of ether oxygens (including phenoxy) is 2. The van der Waals surface area contributed by atoms with Crippen LogP contribution in [0.2, 0.25) is 5.02 Å². The number of rotatable bonds is 9. The van der Waals surface area contributed by atoms with Crippen molar-refractivity contribution in [1.82, 2.24) is 5.43 Å². The number of nitrogens with one attached hydrogen (secondary N) is 1. The van der Waals surface area contributed by atoms with E-state index in [2.05, 4.69) is 10.5 Å². The molecule has 1 aliphatic carbocycles. The first-order valence-corrected chi connectivity index (χ1v) is 12.5. The maximum atomic E-state index is 13.5. The van der Waals surface area contributed by atoms with Gasteiger partial charge in [-0.25, -0.2) is 13.8 Å². The highest BCUT2D eigenvalue weighted by Gasteiger charge is 2.32. The molecule has 1 fully saturated rings. The van der Waals surface area contributed by atoms with Crippen LogP contribution in [0.25, 0.3) is 0 Å². The van der Waals surface area contributed by atoms with Crippen LogP contribution in [0, 0.1) is 5.92 Å². The largest absolute Gasteiger partial charge is 0.495 e. The molecule has 9 nitrogen and oxygen atoms in total. The van der Waals surface area contributed by atoms with Gasteiger partial charge in [0.15, 0.2) is 0 Å². The molecule has 2 aromatic carbocycles. The third-order valence-electron chi connectivity index (χ3n) is 5.25. The Balaban J connectivity index is 1.90. The summed E-state index contributed by atoms with van der Waals surface area (Å²) in [4.78, 5) is 25.0. The van der Waals surface area contributed by atoms with E-state index in [0.29, 0.717) is 18.6 Å². The summed E-state index contributed by atoms with van der Waals surface area (Å²) >= 11 is 6.13. The molecule has 0 aliphatic heterocycles. The van der Waals surface area contributed by atoms with Crippen LogP contribution >= 0.6 is 11.6 Å². The lowest BCUT2D eigenvalue weighted by molar-refractivity contribution is -0.145. The predicted molar refractivity (Wildman–Crippen MR) is 129 cm³/mol. The van der Waals surface area contributed by atoms with Crippen molar-refractivity contribution in [3.8, 4) is 5.75 Å². The monoisotopic (exact) mass is 507 g/mol. The zero-order valence-electron chi connectivity index (χ0n) is 18.9. The van der Waals surface area contributed by atoms with Gasteiger partial charge in [0.05, 0.1) is 35.9 Å². The van der Waals surface area contributed by atoms with Crippen molar-refractivity contribution in [2.45, 2.75) is 31.1 Å². The molecule has 2 aromatic rings. The first kappa shape index (κ1) is 25.5. The standard InChI is InChI=1S/C23H26ClN3O6S/c1-3-33-23(29)18-10-7-11-19(18)25-26-22(28)15-27(20-14-16(24)12-13-21(20)32-2)34(30,31)17-8-5-4-6-9-17/h4-6,8-9,12-14,18H,3,7,10-11,15H2,1-2H3,(H,26,28)/b25-19-/t18-/m1/s1. The van der Waals surface area contributed by atoms with Crippen LogP contribution in [0.3, 0.4) is 0 Å². The molecule has 1 atom stereocenters. The minimum Gasteiger partial charge on any atom is -0.495 e.